The average molecular weight is 165 g/mol. The molecule has 12 heavy (non-hydrogen) atoms. The van der Waals surface area contributed by atoms with Gasteiger partial charge in [-0.15, -0.1) is 0 Å². The van der Waals surface area contributed by atoms with E-state index in [1.807, 2.05) is 12.1 Å². The lowest BCUT2D eigenvalue weighted by molar-refractivity contribution is -0.147. The van der Waals surface area contributed by atoms with Crippen molar-refractivity contribution in [1.82, 2.24) is 0 Å². The van der Waals surface area contributed by atoms with Gasteiger partial charge in [0.2, 0.25) is 0 Å². The monoisotopic (exact) mass is 165 g/mol. The lowest BCUT2D eigenvalue weighted by Crippen LogP contribution is -2.30. The molecule has 0 N–H and O–H groups in total. The number of carbonyl (C=O) groups excluding carboxylic acids is 1. The van der Waals surface area contributed by atoms with Crippen LogP contribution in [0.1, 0.15) is 19.3 Å². The highest BCUT2D eigenvalue weighted by Crippen LogP contribution is 2.31. The molecule has 1 aliphatic rings. The van der Waals surface area contributed by atoms with Gasteiger partial charge >= 0.3 is 5.97 Å². The van der Waals surface area contributed by atoms with Crippen molar-refractivity contribution >= 4 is 5.97 Å². The summed E-state index contributed by atoms with van der Waals surface area (Å²) in [6, 6.07) is 2.01. The molecule has 0 amide bonds. The predicted octanol–water partition coefficient (Wildman–Crippen LogP) is 1.41. The first-order valence-electron chi connectivity index (χ1n) is 3.92. The van der Waals surface area contributed by atoms with Gasteiger partial charge in [0.1, 0.15) is 0 Å². The highest BCUT2D eigenvalue weighted by atomic mass is 16.5. The van der Waals surface area contributed by atoms with Crippen molar-refractivity contribution in [2.75, 3.05) is 7.11 Å². The van der Waals surface area contributed by atoms with Gasteiger partial charge in [0.15, 0.2) is 5.41 Å². The number of hydrogen-bond donors (Lipinski definition) is 0. The standard InChI is InChI=1S/C9H11NO2/c1-12-8(11)9(7-10)5-3-2-4-6-9/h3,5H,2,4,6H2,1H3. The van der Waals surface area contributed by atoms with E-state index in [4.69, 9.17) is 5.26 Å². The van der Waals surface area contributed by atoms with E-state index >= 15 is 0 Å². The van der Waals surface area contributed by atoms with Crippen LogP contribution in [-0.4, -0.2) is 13.1 Å². The SMILES string of the molecule is COC(=O)C1(C#N)C=CCCC1. The normalized spacial score (nSPS) is 27.7. The van der Waals surface area contributed by atoms with E-state index in [0.29, 0.717) is 6.42 Å². The third-order valence-electron chi connectivity index (χ3n) is 2.09. The Morgan fingerprint density at radius 3 is 2.92 bits per heavy atom. The van der Waals surface area contributed by atoms with Gasteiger partial charge in [-0.2, -0.15) is 5.26 Å². The fourth-order valence-electron chi connectivity index (χ4n) is 1.36. The van der Waals surface area contributed by atoms with Crippen molar-refractivity contribution in [2.45, 2.75) is 19.3 Å². The number of allylic oxidation sites excluding steroid dienone is 1. The molecule has 0 aromatic heterocycles. The van der Waals surface area contributed by atoms with Gasteiger partial charge in [0.05, 0.1) is 13.2 Å². The summed E-state index contributed by atoms with van der Waals surface area (Å²) >= 11 is 0. The smallest absolute Gasteiger partial charge is 0.330 e. The molecule has 1 rings (SSSR count). The van der Waals surface area contributed by atoms with E-state index < -0.39 is 11.4 Å². The summed E-state index contributed by atoms with van der Waals surface area (Å²) in [5, 5.41) is 8.84. The van der Waals surface area contributed by atoms with Gasteiger partial charge in [-0.25, -0.2) is 4.79 Å². The maximum atomic E-state index is 11.2. The third-order valence-corrected chi connectivity index (χ3v) is 2.09. The van der Waals surface area contributed by atoms with E-state index in [0.717, 1.165) is 12.8 Å². The number of esters is 1. The number of hydrogen-bond acceptors (Lipinski definition) is 3. The number of ether oxygens (including phenoxy) is 1. The second kappa shape index (κ2) is 3.40. The molecule has 0 radical (unpaired) electrons. The predicted molar refractivity (Wildman–Crippen MR) is 43.1 cm³/mol. The van der Waals surface area contributed by atoms with Crippen LogP contribution in [0.5, 0.6) is 0 Å². The maximum Gasteiger partial charge on any atom is 0.330 e. The molecule has 0 saturated carbocycles. The zero-order valence-electron chi connectivity index (χ0n) is 7.04. The second-order valence-electron chi connectivity index (χ2n) is 2.87. The highest BCUT2D eigenvalue weighted by Gasteiger charge is 2.37. The molecule has 1 unspecified atom stereocenters. The zero-order chi connectivity index (χ0) is 9.03. The molecule has 0 bridgehead atoms. The lowest BCUT2D eigenvalue weighted by atomic mass is 9.80. The molecule has 3 nitrogen and oxygen atoms in total. The summed E-state index contributed by atoms with van der Waals surface area (Å²) in [6.07, 6.45) is 5.91. The Balaban J connectivity index is 2.90. The summed E-state index contributed by atoms with van der Waals surface area (Å²) in [6.45, 7) is 0. The van der Waals surface area contributed by atoms with Gasteiger partial charge in [-0.3, -0.25) is 0 Å². The second-order valence-corrected chi connectivity index (χ2v) is 2.87. The van der Waals surface area contributed by atoms with E-state index in [9.17, 15) is 4.79 Å². The molecule has 1 aliphatic carbocycles. The minimum absolute atomic E-state index is 0.444. The summed E-state index contributed by atoms with van der Waals surface area (Å²) in [5.74, 6) is -0.444. The van der Waals surface area contributed by atoms with Crippen molar-refractivity contribution in [3.63, 3.8) is 0 Å². The van der Waals surface area contributed by atoms with Gasteiger partial charge in [-0.05, 0) is 19.3 Å². The largest absolute Gasteiger partial charge is 0.468 e. The molecule has 0 aromatic carbocycles. The van der Waals surface area contributed by atoms with Crippen LogP contribution >= 0.6 is 0 Å². The first-order valence-corrected chi connectivity index (χ1v) is 3.92. The lowest BCUT2D eigenvalue weighted by Gasteiger charge is -2.22. The molecule has 3 heteroatoms. The molecular weight excluding hydrogens is 154 g/mol. The molecule has 1 atom stereocenters. The van der Waals surface area contributed by atoms with Crippen LogP contribution in [0.2, 0.25) is 0 Å². The van der Waals surface area contributed by atoms with E-state index in [-0.39, 0.29) is 0 Å². The molecule has 0 fully saturated rings. The van der Waals surface area contributed by atoms with Crippen LogP contribution in [0.3, 0.4) is 0 Å². The van der Waals surface area contributed by atoms with Crippen molar-refractivity contribution in [3.05, 3.63) is 12.2 Å². The van der Waals surface area contributed by atoms with Gasteiger partial charge in [0, 0.05) is 0 Å². The van der Waals surface area contributed by atoms with Crippen LogP contribution in [0, 0.1) is 16.7 Å². The van der Waals surface area contributed by atoms with Crippen LogP contribution in [0.4, 0.5) is 0 Å². The van der Waals surface area contributed by atoms with Gasteiger partial charge < -0.3 is 4.74 Å². The van der Waals surface area contributed by atoms with Crippen molar-refractivity contribution in [1.29, 1.82) is 5.26 Å². The fourth-order valence-corrected chi connectivity index (χ4v) is 1.36. The number of nitrogens with zero attached hydrogens (tertiary/aromatic N) is 1. The molecule has 0 heterocycles. The molecule has 0 spiro atoms. The van der Waals surface area contributed by atoms with Crippen LogP contribution < -0.4 is 0 Å². The number of carbonyl (C=O) groups is 1. The Hall–Kier alpha value is -1.30. The van der Waals surface area contributed by atoms with E-state index in [2.05, 4.69) is 4.74 Å². The number of rotatable bonds is 1. The Morgan fingerprint density at radius 2 is 2.50 bits per heavy atom. The first-order chi connectivity index (χ1) is 5.75. The quantitative estimate of drug-likeness (QED) is 0.436. The molecule has 0 saturated heterocycles. The molecule has 64 valence electrons. The number of nitriles is 1. The summed E-state index contributed by atoms with van der Waals surface area (Å²) in [4.78, 5) is 11.2. The van der Waals surface area contributed by atoms with Crippen molar-refractivity contribution in [3.8, 4) is 6.07 Å². The Labute approximate surface area is 71.6 Å². The van der Waals surface area contributed by atoms with Crippen LogP contribution in [0.15, 0.2) is 12.2 Å². The summed E-state index contributed by atoms with van der Waals surface area (Å²) < 4.78 is 4.57. The molecule has 0 aliphatic heterocycles. The summed E-state index contributed by atoms with van der Waals surface area (Å²) in [7, 11) is 1.31. The average Bonchev–Trinajstić information content (AvgIpc) is 2.17. The Bertz CT molecular complexity index is 252. The third kappa shape index (κ3) is 1.33. The van der Waals surface area contributed by atoms with Crippen LogP contribution in [0.25, 0.3) is 0 Å². The maximum absolute atomic E-state index is 11.2. The van der Waals surface area contributed by atoms with E-state index in [1.54, 1.807) is 6.08 Å². The zero-order valence-corrected chi connectivity index (χ0v) is 7.04. The topological polar surface area (TPSA) is 50.1 Å². The van der Waals surface area contributed by atoms with Gasteiger partial charge in [0.25, 0.3) is 0 Å². The minimum Gasteiger partial charge on any atom is -0.468 e. The van der Waals surface area contributed by atoms with Crippen molar-refractivity contribution < 1.29 is 9.53 Å². The Morgan fingerprint density at radius 1 is 1.75 bits per heavy atom. The highest BCUT2D eigenvalue weighted by molar-refractivity contribution is 5.82. The van der Waals surface area contributed by atoms with Gasteiger partial charge in [-0.1, -0.05) is 12.2 Å². The first kappa shape index (κ1) is 8.79. The van der Waals surface area contributed by atoms with Crippen LogP contribution in [-0.2, 0) is 9.53 Å². The molecular formula is C9H11NO2. The van der Waals surface area contributed by atoms with Crippen molar-refractivity contribution in [2.24, 2.45) is 5.41 Å². The number of methoxy groups -OCH3 is 1. The fraction of sp³-hybridized carbons (Fsp3) is 0.556. The minimum atomic E-state index is -1.01. The Kier molecular flexibility index (Phi) is 2.49. The molecule has 0 aromatic rings. The summed E-state index contributed by atoms with van der Waals surface area (Å²) in [5.41, 5.74) is -1.01. The van der Waals surface area contributed by atoms with E-state index in [1.165, 1.54) is 7.11 Å².